The fourth-order valence-corrected chi connectivity index (χ4v) is 4.58. The number of nitrogens with zero attached hydrogens (tertiary/aromatic N) is 2. The van der Waals surface area contributed by atoms with Crippen molar-refractivity contribution in [2.75, 3.05) is 32.7 Å². The molecular weight excluding hydrogens is 365 g/mol. The van der Waals surface area contributed by atoms with Crippen molar-refractivity contribution in [3.05, 3.63) is 66.0 Å². The lowest BCUT2D eigenvalue weighted by molar-refractivity contribution is 0.122. The van der Waals surface area contributed by atoms with Crippen molar-refractivity contribution in [3.63, 3.8) is 0 Å². The van der Waals surface area contributed by atoms with Gasteiger partial charge in [0.1, 0.15) is 5.82 Å². The van der Waals surface area contributed by atoms with Gasteiger partial charge in [0.05, 0.1) is 4.90 Å². The van der Waals surface area contributed by atoms with Crippen LogP contribution in [0, 0.1) is 5.82 Å². The van der Waals surface area contributed by atoms with Crippen molar-refractivity contribution in [3.8, 4) is 0 Å². The van der Waals surface area contributed by atoms with Crippen LogP contribution in [0.5, 0.6) is 0 Å². The fraction of sp³-hybridized carbons (Fsp3) is 0.400. The largest absolute Gasteiger partial charge is 0.299 e. The molecule has 1 N–H and O–H groups in total. The molecule has 1 heterocycles. The Morgan fingerprint density at radius 3 is 2.19 bits per heavy atom. The van der Waals surface area contributed by atoms with Crippen LogP contribution in [-0.2, 0) is 16.6 Å². The average Bonchev–Trinajstić information content (AvgIpc) is 2.64. The summed E-state index contributed by atoms with van der Waals surface area (Å²) < 4.78 is 40.5. The molecule has 1 aliphatic rings. The van der Waals surface area contributed by atoms with Crippen LogP contribution < -0.4 is 4.72 Å². The van der Waals surface area contributed by atoms with Crippen molar-refractivity contribution >= 4 is 10.0 Å². The van der Waals surface area contributed by atoms with Gasteiger partial charge in [0.15, 0.2) is 0 Å². The number of piperazine rings is 1. The van der Waals surface area contributed by atoms with E-state index in [1.54, 1.807) is 0 Å². The molecule has 0 unspecified atom stereocenters. The Hall–Kier alpha value is -1.80. The second-order valence-corrected chi connectivity index (χ2v) is 8.75. The lowest BCUT2D eigenvalue weighted by atomic mass is 10.2. The molecule has 2 aromatic carbocycles. The first-order valence-corrected chi connectivity index (χ1v) is 10.7. The number of benzene rings is 2. The monoisotopic (exact) mass is 391 g/mol. The van der Waals surface area contributed by atoms with E-state index in [2.05, 4.69) is 38.8 Å². The van der Waals surface area contributed by atoms with E-state index < -0.39 is 15.8 Å². The van der Waals surface area contributed by atoms with E-state index in [0.717, 1.165) is 44.9 Å². The number of hydrogen-bond donors (Lipinski definition) is 1. The average molecular weight is 392 g/mol. The van der Waals surface area contributed by atoms with Gasteiger partial charge < -0.3 is 0 Å². The minimum atomic E-state index is -3.63. The number of nitrogens with one attached hydrogen (secondary N) is 1. The molecular formula is C20H26FN3O2S. The maximum atomic E-state index is 13.0. The van der Waals surface area contributed by atoms with Gasteiger partial charge in [-0.3, -0.25) is 9.80 Å². The van der Waals surface area contributed by atoms with Crippen LogP contribution in [0.1, 0.15) is 12.5 Å². The van der Waals surface area contributed by atoms with Crippen LogP contribution in [0.15, 0.2) is 59.5 Å². The number of rotatable bonds is 7. The van der Waals surface area contributed by atoms with Crippen LogP contribution in [0.3, 0.4) is 0 Å². The summed E-state index contributed by atoms with van der Waals surface area (Å²) in [6.45, 7) is 7.21. The molecule has 1 saturated heterocycles. The molecule has 0 aliphatic carbocycles. The lowest BCUT2D eigenvalue weighted by Gasteiger charge is -2.36. The predicted molar refractivity (Wildman–Crippen MR) is 104 cm³/mol. The summed E-state index contributed by atoms with van der Waals surface area (Å²) in [5.41, 5.74) is 1.31. The molecule has 7 heteroatoms. The zero-order valence-electron chi connectivity index (χ0n) is 15.5. The van der Waals surface area contributed by atoms with Gasteiger partial charge in [-0.1, -0.05) is 30.3 Å². The summed E-state index contributed by atoms with van der Waals surface area (Å²) in [4.78, 5) is 4.78. The van der Waals surface area contributed by atoms with Crippen LogP contribution in [0.25, 0.3) is 0 Å². The highest BCUT2D eigenvalue weighted by Crippen LogP contribution is 2.12. The molecule has 0 amide bonds. The van der Waals surface area contributed by atoms with Crippen molar-refractivity contribution < 1.29 is 12.8 Å². The predicted octanol–water partition coefficient (Wildman–Crippen LogP) is 2.31. The van der Waals surface area contributed by atoms with Gasteiger partial charge in [0, 0.05) is 45.3 Å². The first-order valence-electron chi connectivity index (χ1n) is 9.19. The summed E-state index contributed by atoms with van der Waals surface area (Å²) in [5.74, 6) is -0.449. The minimum absolute atomic E-state index is 0.0865. The summed E-state index contributed by atoms with van der Waals surface area (Å²) in [5, 5.41) is 0. The third kappa shape index (κ3) is 5.84. The minimum Gasteiger partial charge on any atom is -0.299 e. The number of hydrogen-bond acceptors (Lipinski definition) is 4. The van der Waals surface area contributed by atoms with Gasteiger partial charge in [-0.15, -0.1) is 0 Å². The highest BCUT2D eigenvalue weighted by Gasteiger charge is 2.22. The Labute approximate surface area is 160 Å². The molecule has 1 atom stereocenters. The quantitative estimate of drug-likeness (QED) is 0.787. The van der Waals surface area contributed by atoms with Gasteiger partial charge in [0.25, 0.3) is 0 Å². The van der Waals surface area contributed by atoms with E-state index in [4.69, 9.17) is 0 Å². The topological polar surface area (TPSA) is 52.6 Å². The molecule has 0 spiro atoms. The van der Waals surface area contributed by atoms with Crippen LogP contribution in [0.4, 0.5) is 4.39 Å². The molecule has 0 saturated carbocycles. The maximum Gasteiger partial charge on any atom is 0.240 e. The normalized spacial score (nSPS) is 17.7. The Morgan fingerprint density at radius 2 is 1.56 bits per heavy atom. The van der Waals surface area contributed by atoms with Gasteiger partial charge in [-0.05, 0) is 36.8 Å². The first kappa shape index (κ1) is 19.9. The third-order valence-corrected chi connectivity index (χ3v) is 6.33. The zero-order chi connectivity index (χ0) is 19.3. The van der Waals surface area contributed by atoms with E-state index in [1.165, 1.54) is 17.7 Å². The standard InChI is InChI=1S/C20H26FN3O2S/c1-17(22-27(25,26)20-9-7-19(21)8-10-20)15-23-11-13-24(14-12-23)16-18-5-3-2-4-6-18/h2-10,17,22H,11-16H2,1H3/t17-/m0/s1. The van der Waals surface area contributed by atoms with Crippen molar-refractivity contribution in [2.45, 2.75) is 24.4 Å². The molecule has 146 valence electrons. The number of halogens is 1. The highest BCUT2D eigenvalue weighted by molar-refractivity contribution is 7.89. The Bertz CT molecular complexity index is 820. The van der Waals surface area contributed by atoms with Gasteiger partial charge >= 0.3 is 0 Å². The Balaban J connectivity index is 1.46. The molecule has 5 nitrogen and oxygen atoms in total. The van der Waals surface area contributed by atoms with Crippen LogP contribution in [-0.4, -0.2) is 57.0 Å². The SMILES string of the molecule is C[C@@H](CN1CCN(Cc2ccccc2)CC1)NS(=O)(=O)c1ccc(F)cc1. The van der Waals surface area contributed by atoms with Gasteiger partial charge in [0.2, 0.25) is 10.0 Å². The molecule has 1 aliphatic heterocycles. The summed E-state index contributed by atoms with van der Waals surface area (Å²) in [6.07, 6.45) is 0. The maximum absolute atomic E-state index is 13.0. The van der Waals surface area contributed by atoms with Crippen molar-refractivity contribution in [1.29, 1.82) is 0 Å². The Morgan fingerprint density at radius 1 is 0.963 bits per heavy atom. The molecule has 0 radical (unpaired) electrons. The van der Waals surface area contributed by atoms with Crippen molar-refractivity contribution in [1.82, 2.24) is 14.5 Å². The second kappa shape index (κ2) is 8.93. The Kier molecular flexibility index (Phi) is 6.59. The summed E-state index contributed by atoms with van der Waals surface area (Å²) in [7, 11) is -3.63. The second-order valence-electron chi connectivity index (χ2n) is 7.04. The van der Waals surface area contributed by atoms with E-state index in [-0.39, 0.29) is 10.9 Å². The first-order chi connectivity index (χ1) is 12.9. The van der Waals surface area contributed by atoms with E-state index in [1.807, 2.05) is 13.0 Å². The summed E-state index contributed by atoms with van der Waals surface area (Å²) in [6, 6.07) is 15.1. The molecule has 2 aromatic rings. The summed E-state index contributed by atoms with van der Waals surface area (Å²) >= 11 is 0. The molecule has 0 bridgehead atoms. The van der Waals surface area contributed by atoms with Gasteiger partial charge in [-0.25, -0.2) is 17.5 Å². The lowest BCUT2D eigenvalue weighted by Crippen LogP contribution is -2.50. The third-order valence-electron chi connectivity index (χ3n) is 4.73. The van der Waals surface area contributed by atoms with Crippen molar-refractivity contribution in [2.24, 2.45) is 0 Å². The van der Waals surface area contributed by atoms with Crippen LogP contribution in [0.2, 0.25) is 0 Å². The molecule has 0 aromatic heterocycles. The van der Waals surface area contributed by atoms with E-state index in [9.17, 15) is 12.8 Å². The zero-order valence-corrected chi connectivity index (χ0v) is 16.3. The van der Waals surface area contributed by atoms with E-state index in [0.29, 0.717) is 6.54 Å². The number of sulfonamides is 1. The molecule has 1 fully saturated rings. The fourth-order valence-electron chi connectivity index (χ4n) is 3.34. The molecule has 3 rings (SSSR count). The molecule has 27 heavy (non-hydrogen) atoms. The van der Waals surface area contributed by atoms with Crippen LogP contribution >= 0.6 is 0 Å². The van der Waals surface area contributed by atoms with Gasteiger partial charge in [-0.2, -0.15) is 0 Å². The highest BCUT2D eigenvalue weighted by atomic mass is 32.2. The smallest absolute Gasteiger partial charge is 0.240 e. The van der Waals surface area contributed by atoms with E-state index >= 15 is 0 Å².